The third kappa shape index (κ3) is 5.53. The average molecular weight is 536 g/mol. The summed E-state index contributed by atoms with van der Waals surface area (Å²) in [4.78, 5) is 7.88. The number of nitrogens with zero attached hydrogens (tertiary/aromatic N) is 6. The third-order valence-electron chi connectivity index (χ3n) is 8.24. The predicted octanol–water partition coefficient (Wildman–Crippen LogP) is 5.21. The predicted molar refractivity (Wildman–Crippen MR) is 147 cm³/mol. The lowest BCUT2D eigenvalue weighted by Crippen LogP contribution is -2.31. The molecule has 0 aliphatic carbocycles. The van der Waals surface area contributed by atoms with Gasteiger partial charge in [0.1, 0.15) is 12.4 Å². The molecule has 1 aromatic carbocycles. The van der Waals surface area contributed by atoms with E-state index < -0.39 is 13.0 Å². The largest absolute Gasteiger partial charge is 0.487 e. The number of alkyl halides is 2. The molecule has 5 heterocycles. The maximum atomic E-state index is 13.1. The molecule has 2 aliphatic heterocycles. The van der Waals surface area contributed by atoms with Crippen molar-refractivity contribution < 1.29 is 13.5 Å². The number of aromatic amines is 1. The van der Waals surface area contributed by atoms with Crippen molar-refractivity contribution in [2.24, 2.45) is 0 Å². The van der Waals surface area contributed by atoms with Crippen LogP contribution in [0.1, 0.15) is 43.2 Å². The smallest absolute Gasteiger partial charge is 0.272 e. The summed E-state index contributed by atoms with van der Waals surface area (Å²) in [6.45, 7) is 3.48. The van der Waals surface area contributed by atoms with Crippen LogP contribution in [0.4, 0.5) is 8.78 Å². The lowest BCUT2D eigenvalue weighted by Gasteiger charge is -2.30. The first kappa shape index (κ1) is 25.9. The first-order valence-corrected chi connectivity index (χ1v) is 13.8. The molecule has 8 nitrogen and oxygen atoms in total. The van der Waals surface area contributed by atoms with Gasteiger partial charge < -0.3 is 19.5 Å². The second-order valence-corrected chi connectivity index (χ2v) is 11.0. The number of piperidine rings is 2. The number of hydrogen-bond donors (Lipinski definition) is 1. The lowest BCUT2D eigenvalue weighted by molar-refractivity contribution is 0.0809. The number of hydrogen-bond acceptors (Lipinski definition) is 6. The summed E-state index contributed by atoms with van der Waals surface area (Å²) in [6.07, 6.45) is 7.57. The van der Waals surface area contributed by atoms with Crippen molar-refractivity contribution in [3.05, 3.63) is 48.4 Å². The molecule has 0 amide bonds. The SMILES string of the molecule is CN1CCC(c2ccc(-c3cc4c(-c5cnn(C6CCN(C)CC6)c5)c[nH]c4nn3)cc2OCC(F)F)CC1. The van der Waals surface area contributed by atoms with Crippen LogP contribution >= 0.6 is 0 Å². The Morgan fingerprint density at radius 3 is 2.46 bits per heavy atom. The number of H-pyrrole nitrogens is 1. The molecule has 0 radical (unpaired) electrons. The highest BCUT2D eigenvalue weighted by Crippen LogP contribution is 2.38. The topological polar surface area (TPSA) is 75.1 Å². The van der Waals surface area contributed by atoms with Crippen LogP contribution < -0.4 is 4.74 Å². The molecule has 6 rings (SSSR count). The summed E-state index contributed by atoms with van der Waals surface area (Å²) in [5.41, 5.74) is 5.18. The van der Waals surface area contributed by atoms with Crippen molar-refractivity contribution in [3.63, 3.8) is 0 Å². The standard InChI is InChI=1S/C29H35F2N7O/c1-36-9-5-19(6-10-36)23-4-3-20(13-27(23)39-18-28(30)31)26-14-24-25(16-32-29(24)35-34-26)21-15-33-38(17-21)22-7-11-37(2)12-8-22/h3-4,13-17,19,22,28H,5-12,18H2,1-2H3,(H,32,35). The van der Waals surface area contributed by atoms with E-state index in [1.165, 1.54) is 0 Å². The van der Waals surface area contributed by atoms with Gasteiger partial charge in [-0.3, -0.25) is 4.68 Å². The number of benzene rings is 1. The minimum atomic E-state index is -2.53. The van der Waals surface area contributed by atoms with Gasteiger partial charge in [-0.15, -0.1) is 10.2 Å². The fraction of sp³-hybridized carbons (Fsp3) is 0.483. The van der Waals surface area contributed by atoms with Gasteiger partial charge in [0.15, 0.2) is 5.65 Å². The van der Waals surface area contributed by atoms with Crippen LogP contribution in [-0.4, -0.2) is 88.1 Å². The number of likely N-dealkylation sites (tertiary alicyclic amines) is 2. The van der Waals surface area contributed by atoms with E-state index in [0.717, 1.165) is 79.5 Å². The Morgan fingerprint density at radius 2 is 1.72 bits per heavy atom. The van der Waals surface area contributed by atoms with Gasteiger partial charge in [0.05, 0.1) is 17.9 Å². The van der Waals surface area contributed by atoms with Gasteiger partial charge in [-0.2, -0.15) is 5.10 Å². The molecule has 0 saturated carbocycles. The molecule has 0 bridgehead atoms. The molecule has 39 heavy (non-hydrogen) atoms. The van der Waals surface area contributed by atoms with Gasteiger partial charge in [-0.05, 0) is 89.6 Å². The number of fused-ring (bicyclic) bond motifs is 1. The molecule has 0 atom stereocenters. The van der Waals surface area contributed by atoms with Crippen molar-refractivity contribution >= 4 is 11.0 Å². The summed E-state index contributed by atoms with van der Waals surface area (Å²) < 4.78 is 33.9. The molecule has 2 aliphatic rings. The quantitative estimate of drug-likeness (QED) is 0.350. The Kier molecular flexibility index (Phi) is 7.31. The highest BCUT2D eigenvalue weighted by molar-refractivity contribution is 5.94. The van der Waals surface area contributed by atoms with Gasteiger partial charge >= 0.3 is 0 Å². The second kappa shape index (κ2) is 11.0. The fourth-order valence-corrected chi connectivity index (χ4v) is 5.87. The van der Waals surface area contributed by atoms with Crippen molar-refractivity contribution in [2.75, 3.05) is 46.9 Å². The Morgan fingerprint density at radius 1 is 0.974 bits per heavy atom. The summed E-state index contributed by atoms with van der Waals surface area (Å²) in [7, 11) is 4.27. The Hall–Kier alpha value is -3.37. The minimum Gasteiger partial charge on any atom is -0.487 e. The molecule has 4 aromatic rings. The zero-order chi connectivity index (χ0) is 26.9. The Labute approximate surface area is 227 Å². The molecular formula is C29H35F2N7O. The third-order valence-corrected chi connectivity index (χ3v) is 8.24. The Bertz CT molecular complexity index is 1420. The molecule has 2 saturated heterocycles. The van der Waals surface area contributed by atoms with E-state index in [0.29, 0.717) is 23.1 Å². The summed E-state index contributed by atoms with van der Waals surface area (Å²) >= 11 is 0. The van der Waals surface area contributed by atoms with Crippen molar-refractivity contribution in [2.45, 2.75) is 44.1 Å². The molecule has 206 valence electrons. The molecular weight excluding hydrogens is 500 g/mol. The normalized spacial score (nSPS) is 18.4. The fourth-order valence-electron chi connectivity index (χ4n) is 5.87. The number of aromatic nitrogens is 5. The molecule has 1 N–H and O–H groups in total. The zero-order valence-electron chi connectivity index (χ0n) is 22.5. The van der Waals surface area contributed by atoms with Crippen LogP contribution in [0.3, 0.4) is 0 Å². The average Bonchev–Trinajstić information content (AvgIpc) is 3.60. The van der Waals surface area contributed by atoms with E-state index in [2.05, 4.69) is 55.1 Å². The van der Waals surface area contributed by atoms with Crippen LogP contribution in [-0.2, 0) is 0 Å². The highest BCUT2D eigenvalue weighted by atomic mass is 19.3. The van der Waals surface area contributed by atoms with E-state index in [9.17, 15) is 8.78 Å². The first-order chi connectivity index (χ1) is 18.9. The van der Waals surface area contributed by atoms with E-state index in [1.807, 2.05) is 36.7 Å². The maximum absolute atomic E-state index is 13.1. The van der Waals surface area contributed by atoms with Gasteiger partial charge in [0.2, 0.25) is 0 Å². The van der Waals surface area contributed by atoms with Crippen LogP contribution in [0.15, 0.2) is 42.9 Å². The Balaban J connectivity index is 1.30. The molecule has 0 unspecified atom stereocenters. The van der Waals surface area contributed by atoms with Gasteiger partial charge in [0.25, 0.3) is 6.43 Å². The van der Waals surface area contributed by atoms with Crippen molar-refractivity contribution in [1.29, 1.82) is 0 Å². The number of ether oxygens (including phenoxy) is 1. The van der Waals surface area contributed by atoms with Crippen LogP contribution in [0, 0.1) is 0 Å². The van der Waals surface area contributed by atoms with Gasteiger partial charge in [-0.1, -0.05) is 12.1 Å². The molecule has 0 spiro atoms. The molecule has 2 fully saturated rings. The van der Waals surface area contributed by atoms with E-state index >= 15 is 0 Å². The van der Waals surface area contributed by atoms with E-state index in [1.54, 1.807) is 0 Å². The van der Waals surface area contributed by atoms with Gasteiger partial charge in [-0.25, -0.2) is 8.78 Å². The number of halogens is 2. The second-order valence-electron chi connectivity index (χ2n) is 11.0. The monoisotopic (exact) mass is 535 g/mol. The zero-order valence-corrected chi connectivity index (χ0v) is 22.5. The van der Waals surface area contributed by atoms with E-state index in [4.69, 9.17) is 4.74 Å². The first-order valence-electron chi connectivity index (χ1n) is 13.8. The molecule has 10 heteroatoms. The van der Waals surface area contributed by atoms with Crippen molar-refractivity contribution in [1.82, 2.24) is 34.8 Å². The molecule has 3 aromatic heterocycles. The van der Waals surface area contributed by atoms with Crippen LogP contribution in [0.25, 0.3) is 33.4 Å². The maximum Gasteiger partial charge on any atom is 0.272 e. The number of rotatable bonds is 7. The summed E-state index contributed by atoms with van der Waals surface area (Å²) in [5, 5.41) is 14.5. The van der Waals surface area contributed by atoms with Crippen LogP contribution in [0.2, 0.25) is 0 Å². The van der Waals surface area contributed by atoms with Crippen molar-refractivity contribution in [3.8, 4) is 28.1 Å². The van der Waals surface area contributed by atoms with Gasteiger partial charge in [0, 0.05) is 34.5 Å². The van der Waals surface area contributed by atoms with E-state index in [-0.39, 0.29) is 5.92 Å². The van der Waals surface area contributed by atoms with Crippen LogP contribution in [0.5, 0.6) is 5.75 Å². The summed E-state index contributed by atoms with van der Waals surface area (Å²) in [5.74, 6) is 0.798. The number of nitrogens with one attached hydrogen (secondary N) is 1. The lowest BCUT2D eigenvalue weighted by atomic mass is 9.88. The summed E-state index contributed by atoms with van der Waals surface area (Å²) in [6, 6.07) is 8.27. The minimum absolute atomic E-state index is 0.286. The highest BCUT2D eigenvalue weighted by Gasteiger charge is 2.24.